The summed E-state index contributed by atoms with van der Waals surface area (Å²) in [7, 11) is 0. The molecule has 0 saturated heterocycles. The zero-order valence-electron chi connectivity index (χ0n) is 6.30. The summed E-state index contributed by atoms with van der Waals surface area (Å²) in [6, 6.07) is 0. The molecule has 1 unspecified atom stereocenters. The number of hydrogen-bond acceptors (Lipinski definition) is 2. The van der Waals surface area contributed by atoms with E-state index in [-0.39, 0.29) is 5.54 Å². The Morgan fingerprint density at radius 1 is 1.50 bits per heavy atom. The maximum absolute atomic E-state index is 5.45. The lowest BCUT2D eigenvalue weighted by Gasteiger charge is -2.27. The average molecular weight is 138 g/mol. The SMILES string of the molecule is CC1(CCN)C=CC=CN1. The van der Waals surface area contributed by atoms with E-state index >= 15 is 0 Å². The minimum atomic E-state index is 0.0868. The Morgan fingerprint density at radius 3 is 2.80 bits per heavy atom. The molecule has 0 radical (unpaired) electrons. The summed E-state index contributed by atoms with van der Waals surface area (Å²) < 4.78 is 0. The summed E-state index contributed by atoms with van der Waals surface area (Å²) in [6.07, 6.45) is 9.10. The summed E-state index contributed by atoms with van der Waals surface area (Å²) in [4.78, 5) is 0. The lowest BCUT2D eigenvalue weighted by Crippen LogP contribution is -2.39. The van der Waals surface area contributed by atoms with Crippen LogP contribution in [0.3, 0.4) is 0 Å². The Bertz CT molecular complexity index is 161. The van der Waals surface area contributed by atoms with Crippen LogP contribution >= 0.6 is 0 Å². The predicted octanol–water partition coefficient (Wildman–Crippen LogP) is 0.767. The van der Waals surface area contributed by atoms with Crippen molar-refractivity contribution >= 4 is 0 Å². The molecule has 1 atom stereocenters. The van der Waals surface area contributed by atoms with Crippen molar-refractivity contribution in [2.45, 2.75) is 18.9 Å². The maximum atomic E-state index is 5.45. The lowest BCUT2D eigenvalue weighted by atomic mass is 9.96. The van der Waals surface area contributed by atoms with E-state index in [2.05, 4.69) is 18.3 Å². The molecule has 2 heteroatoms. The van der Waals surface area contributed by atoms with Crippen molar-refractivity contribution in [3.63, 3.8) is 0 Å². The van der Waals surface area contributed by atoms with Gasteiger partial charge in [0.15, 0.2) is 0 Å². The zero-order chi connectivity index (χ0) is 7.45. The Hall–Kier alpha value is -0.760. The average Bonchev–Trinajstić information content (AvgIpc) is 1.89. The van der Waals surface area contributed by atoms with Crippen molar-refractivity contribution in [3.05, 3.63) is 24.4 Å². The van der Waals surface area contributed by atoms with E-state index in [9.17, 15) is 0 Å². The van der Waals surface area contributed by atoms with Crippen LogP contribution in [0.4, 0.5) is 0 Å². The molecule has 0 fully saturated rings. The molecule has 0 spiro atoms. The molecule has 0 amide bonds. The lowest BCUT2D eigenvalue weighted by molar-refractivity contribution is 0.464. The fourth-order valence-corrected chi connectivity index (χ4v) is 1.07. The summed E-state index contributed by atoms with van der Waals surface area (Å²) in [5.41, 5.74) is 5.53. The molecule has 1 heterocycles. The molecule has 3 N–H and O–H groups in total. The number of dihydropyridines is 1. The molecular weight excluding hydrogens is 124 g/mol. The van der Waals surface area contributed by atoms with Crippen LogP contribution in [0.15, 0.2) is 24.4 Å². The molecule has 10 heavy (non-hydrogen) atoms. The van der Waals surface area contributed by atoms with Gasteiger partial charge in [0, 0.05) is 0 Å². The molecule has 1 aliphatic heterocycles. The van der Waals surface area contributed by atoms with E-state index in [1.165, 1.54) is 0 Å². The van der Waals surface area contributed by atoms with Gasteiger partial charge in [-0.05, 0) is 32.2 Å². The molecule has 56 valence electrons. The zero-order valence-corrected chi connectivity index (χ0v) is 6.30. The van der Waals surface area contributed by atoms with E-state index in [1.54, 1.807) is 0 Å². The number of hydrogen-bond donors (Lipinski definition) is 2. The van der Waals surface area contributed by atoms with Crippen LogP contribution in [0.25, 0.3) is 0 Å². The third kappa shape index (κ3) is 1.61. The van der Waals surface area contributed by atoms with Gasteiger partial charge in [0.05, 0.1) is 5.54 Å². The Labute approximate surface area is 61.8 Å². The fraction of sp³-hybridized carbons (Fsp3) is 0.500. The number of allylic oxidation sites excluding steroid dienone is 2. The highest BCUT2D eigenvalue weighted by atomic mass is 14.9. The Morgan fingerprint density at radius 2 is 2.30 bits per heavy atom. The second-order valence-electron chi connectivity index (χ2n) is 2.82. The number of rotatable bonds is 2. The second-order valence-corrected chi connectivity index (χ2v) is 2.82. The minimum Gasteiger partial charge on any atom is -0.382 e. The molecule has 1 rings (SSSR count). The largest absolute Gasteiger partial charge is 0.382 e. The molecule has 0 aromatic rings. The topological polar surface area (TPSA) is 38.0 Å². The van der Waals surface area contributed by atoms with Gasteiger partial charge in [0.2, 0.25) is 0 Å². The van der Waals surface area contributed by atoms with E-state index in [0.29, 0.717) is 0 Å². The van der Waals surface area contributed by atoms with Gasteiger partial charge in [-0.3, -0.25) is 0 Å². The first-order valence-corrected chi connectivity index (χ1v) is 3.59. The fourth-order valence-electron chi connectivity index (χ4n) is 1.07. The molecule has 2 nitrogen and oxygen atoms in total. The van der Waals surface area contributed by atoms with Crippen molar-refractivity contribution in [1.82, 2.24) is 5.32 Å². The molecule has 0 saturated carbocycles. The van der Waals surface area contributed by atoms with Crippen LogP contribution in [0, 0.1) is 0 Å². The van der Waals surface area contributed by atoms with Crippen molar-refractivity contribution in [2.24, 2.45) is 5.73 Å². The molecule has 0 aromatic heterocycles. The third-order valence-corrected chi connectivity index (χ3v) is 1.75. The quantitative estimate of drug-likeness (QED) is 0.591. The third-order valence-electron chi connectivity index (χ3n) is 1.75. The van der Waals surface area contributed by atoms with E-state index in [0.717, 1.165) is 13.0 Å². The van der Waals surface area contributed by atoms with Gasteiger partial charge in [0.1, 0.15) is 0 Å². The van der Waals surface area contributed by atoms with Gasteiger partial charge in [-0.1, -0.05) is 12.2 Å². The van der Waals surface area contributed by atoms with Gasteiger partial charge in [-0.25, -0.2) is 0 Å². The molecule has 0 aliphatic carbocycles. The van der Waals surface area contributed by atoms with Crippen molar-refractivity contribution in [3.8, 4) is 0 Å². The molecular formula is C8H14N2. The van der Waals surface area contributed by atoms with Gasteiger partial charge in [-0.2, -0.15) is 0 Å². The summed E-state index contributed by atoms with van der Waals surface area (Å²) in [5.74, 6) is 0. The first-order valence-electron chi connectivity index (χ1n) is 3.59. The first kappa shape index (κ1) is 7.35. The van der Waals surface area contributed by atoms with Gasteiger partial charge < -0.3 is 11.1 Å². The Balaban J connectivity index is 2.52. The minimum absolute atomic E-state index is 0.0868. The second kappa shape index (κ2) is 2.88. The Kier molecular flexibility index (Phi) is 2.12. The van der Waals surface area contributed by atoms with Crippen LogP contribution in [0.2, 0.25) is 0 Å². The molecule has 0 aromatic carbocycles. The first-order chi connectivity index (χ1) is 4.77. The predicted molar refractivity (Wildman–Crippen MR) is 43.5 cm³/mol. The van der Waals surface area contributed by atoms with Crippen LogP contribution in [0.5, 0.6) is 0 Å². The highest BCUT2D eigenvalue weighted by molar-refractivity contribution is 5.17. The van der Waals surface area contributed by atoms with Crippen LogP contribution in [0.1, 0.15) is 13.3 Å². The van der Waals surface area contributed by atoms with Crippen molar-refractivity contribution in [2.75, 3.05) is 6.54 Å². The molecule has 1 aliphatic rings. The summed E-state index contributed by atoms with van der Waals surface area (Å²) in [5, 5.41) is 3.25. The van der Waals surface area contributed by atoms with Crippen LogP contribution in [-0.4, -0.2) is 12.1 Å². The van der Waals surface area contributed by atoms with E-state index < -0.39 is 0 Å². The highest BCUT2D eigenvalue weighted by Crippen LogP contribution is 2.12. The van der Waals surface area contributed by atoms with E-state index in [1.807, 2.05) is 18.4 Å². The standard InChI is InChI=1S/C8H14N2/c1-8(5-6-9)4-2-3-7-10-8/h2-4,7,10H,5-6,9H2,1H3. The van der Waals surface area contributed by atoms with Gasteiger partial charge >= 0.3 is 0 Å². The normalized spacial score (nSPS) is 30.2. The van der Waals surface area contributed by atoms with E-state index in [4.69, 9.17) is 5.73 Å². The smallest absolute Gasteiger partial charge is 0.0537 e. The highest BCUT2D eigenvalue weighted by Gasteiger charge is 2.17. The summed E-state index contributed by atoms with van der Waals surface area (Å²) in [6.45, 7) is 2.86. The number of nitrogens with one attached hydrogen (secondary N) is 1. The maximum Gasteiger partial charge on any atom is 0.0537 e. The van der Waals surface area contributed by atoms with Crippen molar-refractivity contribution < 1.29 is 0 Å². The van der Waals surface area contributed by atoms with Crippen LogP contribution in [-0.2, 0) is 0 Å². The van der Waals surface area contributed by atoms with Gasteiger partial charge in [-0.15, -0.1) is 0 Å². The van der Waals surface area contributed by atoms with Gasteiger partial charge in [0.25, 0.3) is 0 Å². The monoisotopic (exact) mass is 138 g/mol. The molecule has 0 bridgehead atoms. The number of nitrogens with two attached hydrogens (primary N) is 1. The van der Waals surface area contributed by atoms with Crippen LogP contribution < -0.4 is 11.1 Å². The summed E-state index contributed by atoms with van der Waals surface area (Å²) >= 11 is 0. The van der Waals surface area contributed by atoms with Crippen molar-refractivity contribution in [1.29, 1.82) is 0 Å².